The maximum absolute atomic E-state index is 13.0. The zero-order chi connectivity index (χ0) is 22.9. The fraction of sp³-hybridized carbons (Fsp3) is 0.192. The van der Waals surface area contributed by atoms with Crippen LogP contribution in [0.5, 0.6) is 0 Å². The summed E-state index contributed by atoms with van der Waals surface area (Å²) in [4.78, 5) is 28.7. The standard InChI is InChI=1S/C26H25NO4S/c1-18-6-3-4-8-21(18)23-16-19(9-10-20-7-5-14-27-17-20)11-12-22(23)26(30)31-24(25(28)29)13-15-32-2/h3-12,14,16-17,24H,13,15H2,1-2H3,(H,28,29)/b10-9+. The van der Waals surface area contributed by atoms with E-state index in [2.05, 4.69) is 4.98 Å². The van der Waals surface area contributed by atoms with E-state index in [0.717, 1.165) is 22.3 Å². The fourth-order valence-electron chi connectivity index (χ4n) is 3.26. The first-order valence-electron chi connectivity index (χ1n) is 10.2. The van der Waals surface area contributed by atoms with E-state index < -0.39 is 18.0 Å². The molecular weight excluding hydrogens is 422 g/mol. The van der Waals surface area contributed by atoms with Crippen molar-refractivity contribution >= 4 is 35.9 Å². The van der Waals surface area contributed by atoms with Gasteiger partial charge in [0, 0.05) is 18.8 Å². The predicted octanol–water partition coefficient (Wildman–Crippen LogP) is 5.59. The quantitative estimate of drug-likeness (QED) is 0.431. The Bertz CT molecular complexity index is 1110. The third-order valence-corrected chi connectivity index (χ3v) is 5.60. The van der Waals surface area contributed by atoms with Crippen molar-refractivity contribution in [3.8, 4) is 11.1 Å². The van der Waals surface area contributed by atoms with E-state index in [9.17, 15) is 14.7 Å². The molecule has 0 amide bonds. The van der Waals surface area contributed by atoms with E-state index in [1.165, 1.54) is 11.8 Å². The zero-order valence-electron chi connectivity index (χ0n) is 18.0. The van der Waals surface area contributed by atoms with Crippen molar-refractivity contribution in [1.29, 1.82) is 0 Å². The molecule has 32 heavy (non-hydrogen) atoms. The molecule has 0 saturated carbocycles. The molecule has 1 N–H and O–H groups in total. The minimum absolute atomic E-state index is 0.258. The van der Waals surface area contributed by atoms with Gasteiger partial charge in [-0.3, -0.25) is 4.98 Å². The van der Waals surface area contributed by atoms with Crippen LogP contribution < -0.4 is 0 Å². The molecule has 0 aliphatic heterocycles. The first kappa shape index (κ1) is 23.3. The van der Waals surface area contributed by atoms with Gasteiger partial charge in [0.05, 0.1) is 5.56 Å². The van der Waals surface area contributed by atoms with Crippen molar-refractivity contribution in [2.24, 2.45) is 0 Å². The van der Waals surface area contributed by atoms with Gasteiger partial charge in [0.2, 0.25) is 0 Å². The largest absolute Gasteiger partial charge is 0.479 e. The minimum atomic E-state index is -1.18. The Kier molecular flexibility index (Phi) is 8.22. The minimum Gasteiger partial charge on any atom is -0.479 e. The number of ether oxygens (including phenoxy) is 1. The molecule has 6 heteroatoms. The van der Waals surface area contributed by atoms with Crippen molar-refractivity contribution in [2.75, 3.05) is 12.0 Å². The van der Waals surface area contributed by atoms with Gasteiger partial charge < -0.3 is 9.84 Å². The summed E-state index contributed by atoms with van der Waals surface area (Å²) in [5.74, 6) is -1.19. The molecule has 1 heterocycles. The number of aromatic nitrogens is 1. The number of benzene rings is 2. The highest BCUT2D eigenvalue weighted by molar-refractivity contribution is 7.98. The van der Waals surface area contributed by atoms with Crippen LogP contribution in [0, 0.1) is 6.92 Å². The molecule has 0 bridgehead atoms. The van der Waals surface area contributed by atoms with Crippen LogP contribution in [0.3, 0.4) is 0 Å². The second kappa shape index (κ2) is 11.3. The van der Waals surface area contributed by atoms with Crippen LogP contribution in [0.2, 0.25) is 0 Å². The van der Waals surface area contributed by atoms with Crippen LogP contribution in [0.15, 0.2) is 67.0 Å². The number of carboxylic acid groups (broad SMARTS) is 1. The number of rotatable bonds is 9. The highest BCUT2D eigenvalue weighted by Crippen LogP contribution is 2.29. The summed E-state index contributed by atoms with van der Waals surface area (Å²) in [5, 5.41) is 9.45. The SMILES string of the molecule is CSCCC(OC(=O)c1ccc(/C=C/c2cccnc2)cc1-c1ccccc1C)C(=O)O. The number of hydrogen-bond donors (Lipinski definition) is 1. The molecule has 1 atom stereocenters. The summed E-state index contributed by atoms with van der Waals surface area (Å²) in [5.41, 5.74) is 4.81. The third-order valence-electron chi connectivity index (χ3n) is 4.96. The van der Waals surface area contributed by atoms with Crippen molar-refractivity contribution in [3.63, 3.8) is 0 Å². The average Bonchev–Trinajstić information content (AvgIpc) is 2.81. The Balaban J connectivity index is 1.98. The monoisotopic (exact) mass is 447 g/mol. The van der Waals surface area contributed by atoms with Gasteiger partial charge >= 0.3 is 11.9 Å². The Hall–Kier alpha value is -3.38. The highest BCUT2D eigenvalue weighted by Gasteiger charge is 2.24. The Morgan fingerprint density at radius 2 is 1.84 bits per heavy atom. The number of nitrogens with zero attached hydrogens (tertiary/aromatic N) is 1. The maximum atomic E-state index is 13.0. The zero-order valence-corrected chi connectivity index (χ0v) is 18.8. The first-order valence-corrected chi connectivity index (χ1v) is 11.6. The van der Waals surface area contributed by atoms with Crippen molar-refractivity contribution in [1.82, 2.24) is 4.98 Å². The maximum Gasteiger partial charge on any atom is 0.345 e. The summed E-state index contributed by atoms with van der Waals surface area (Å²) in [6, 6.07) is 17.0. The molecule has 0 saturated heterocycles. The van der Waals surface area contributed by atoms with Gasteiger partial charge in [-0.2, -0.15) is 11.8 Å². The average molecular weight is 448 g/mol. The lowest BCUT2D eigenvalue weighted by Gasteiger charge is -2.16. The summed E-state index contributed by atoms with van der Waals surface area (Å²) in [6.45, 7) is 1.97. The second-order valence-electron chi connectivity index (χ2n) is 7.25. The number of aryl methyl sites for hydroxylation is 1. The Morgan fingerprint density at radius 3 is 2.53 bits per heavy atom. The molecule has 5 nitrogen and oxygen atoms in total. The molecule has 0 fully saturated rings. The van der Waals surface area contributed by atoms with Crippen molar-refractivity contribution in [3.05, 3.63) is 89.2 Å². The molecule has 1 aromatic heterocycles. The summed E-state index contributed by atoms with van der Waals surface area (Å²) in [7, 11) is 0. The molecule has 2 aromatic carbocycles. The van der Waals surface area contributed by atoms with Crippen LogP contribution in [-0.2, 0) is 9.53 Å². The van der Waals surface area contributed by atoms with Gasteiger partial charge in [-0.15, -0.1) is 0 Å². The van der Waals surface area contributed by atoms with Gasteiger partial charge in [-0.05, 0) is 64.9 Å². The van der Waals surface area contributed by atoms with Gasteiger partial charge in [0.25, 0.3) is 0 Å². The van der Waals surface area contributed by atoms with E-state index in [1.807, 2.05) is 73.9 Å². The topological polar surface area (TPSA) is 76.5 Å². The summed E-state index contributed by atoms with van der Waals surface area (Å²) >= 11 is 1.51. The third kappa shape index (κ3) is 6.08. The van der Waals surface area contributed by atoms with Crippen molar-refractivity contribution in [2.45, 2.75) is 19.4 Å². The van der Waals surface area contributed by atoms with Gasteiger partial charge in [0.1, 0.15) is 0 Å². The fourth-order valence-corrected chi connectivity index (χ4v) is 3.71. The molecule has 0 aliphatic rings. The number of carboxylic acids is 1. The lowest BCUT2D eigenvalue weighted by atomic mass is 9.94. The summed E-state index contributed by atoms with van der Waals surface area (Å²) < 4.78 is 5.39. The van der Waals surface area contributed by atoms with Crippen molar-refractivity contribution < 1.29 is 19.4 Å². The van der Waals surface area contributed by atoms with Gasteiger partial charge in [-0.1, -0.05) is 48.6 Å². The Morgan fingerprint density at radius 1 is 1.06 bits per heavy atom. The lowest BCUT2D eigenvalue weighted by molar-refractivity contribution is -0.147. The normalized spacial score (nSPS) is 11.9. The lowest BCUT2D eigenvalue weighted by Crippen LogP contribution is -2.28. The molecule has 0 spiro atoms. The number of carbonyl (C=O) groups excluding carboxylic acids is 1. The van der Waals surface area contributed by atoms with E-state index in [0.29, 0.717) is 16.9 Å². The van der Waals surface area contributed by atoms with Crippen LogP contribution in [0.4, 0.5) is 0 Å². The van der Waals surface area contributed by atoms with E-state index in [-0.39, 0.29) is 6.42 Å². The van der Waals surface area contributed by atoms with Crippen LogP contribution >= 0.6 is 11.8 Å². The number of thioether (sulfide) groups is 1. The Labute approximate surface area is 192 Å². The predicted molar refractivity (Wildman–Crippen MR) is 130 cm³/mol. The van der Waals surface area contributed by atoms with E-state index in [1.54, 1.807) is 18.5 Å². The molecule has 164 valence electrons. The number of esters is 1. The smallest absolute Gasteiger partial charge is 0.345 e. The summed E-state index contributed by atoms with van der Waals surface area (Å²) in [6.07, 6.45) is 8.35. The van der Waals surface area contributed by atoms with Crippen LogP contribution in [-0.4, -0.2) is 40.1 Å². The highest BCUT2D eigenvalue weighted by atomic mass is 32.2. The molecule has 3 rings (SSSR count). The van der Waals surface area contributed by atoms with Crippen LogP contribution in [0.25, 0.3) is 23.3 Å². The molecule has 1 unspecified atom stereocenters. The number of hydrogen-bond acceptors (Lipinski definition) is 5. The van der Waals surface area contributed by atoms with Gasteiger partial charge in [-0.25, -0.2) is 9.59 Å². The molecular formula is C26H25NO4S. The number of aliphatic carboxylic acids is 1. The van der Waals surface area contributed by atoms with E-state index in [4.69, 9.17) is 4.74 Å². The van der Waals surface area contributed by atoms with Crippen LogP contribution in [0.1, 0.15) is 33.5 Å². The number of carbonyl (C=O) groups is 2. The molecule has 0 aliphatic carbocycles. The molecule has 3 aromatic rings. The molecule has 0 radical (unpaired) electrons. The van der Waals surface area contributed by atoms with Gasteiger partial charge in [0.15, 0.2) is 6.10 Å². The second-order valence-corrected chi connectivity index (χ2v) is 8.24. The first-order chi connectivity index (χ1) is 15.5. The van der Waals surface area contributed by atoms with E-state index >= 15 is 0 Å². The number of pyridine rings is 1.